The first-order chi connectivity index (χ1) is 13.3. The lowest BCUT2D eigenvalue weighted by molar-refractivity contribution is 0.312. The Labute approximate surface area is 158 Å². The standard InChI is InChI=1S/C20H22N6O/c1-25-8-10-26(11-9-25)20-12-16(6-7-22-20)13-23-24-18-4-2-17(3-5-18)19-14-21-15-27-19/h2-7,12-15,24H,8-11H2,1H3/b23-13+. The van der Waals surface area contributed by atoms with Crippen LogP contribution in [0.5, 0.6) is 0 Å². The normalized spacial score (nSPS) is 15.4. The van der Waals surface area contributed by atoms with E-state index in [-0.39, 0.29) is 0 Å². The second kappa shape index (κ2) is 8.01. The van der Waals surface area contributed by atoms with Crippen LogP contribution >= 0.6 is 0 Å². The van der Waals surface area contributed by atoms with Crippen molar-refractivity contribution >= 4 is 17.7 Å². The van der Waals surface area contributed by atoms with Gasteiger partial charge in [-0.05, 0) is 49.0 Å². The molecule has 138 valence electrons. The van der Waals surface area contributed by atoms with Crippen molar-refractivity contribution in [3.63, 3.8) is 0 Å². The van der Waals surface area contributed by atoms with Crippen LogP contribution in [0.2, 0.25) is 0 Å². The van der Waals surface area contributed by atoms with E-state index < -0.39 is 0 Å². The van der Waals surface area contributed by atoms with Crippen molar-refractivity contribution in [3.05, 3.63) is 60.7 Å². The van der Waals surface area contributed by atoms with Gasteiger partial charge >= 0.3 is 0 Å². The van der Waals surface area contributed by atoms with Crippen molar-refractivity contribution in [1.29, 1.82) is 0 Å². The highest BCUT2D eigenvalue weighted by atomic mass is 16.3. The van der Waals surface area contributed by atoms with Crippen molar-refractivity contribution in [3.8, 4) is 11.3 Å². The van der Waals surface area contributed by atoms with Gasteiger partial charge < -0.3 is 14.2 Å². The zero-order valence-corrected chi connectivity index (χ0v) is 15.2. The smallest absolute Gasteiger partial charge is 0.181 e. The third-order valence-corrected chi connectivity index (χ3v) is 4.61. The lowest BCUT2D eigenvalue weighted by atomic mass is 10.2. The SMILES string of the molecule is CN1CCN(c2cc(/C=N/Nc3ccc(-c4cnco4)cc3)ccn2)CC1. The third-order valence-electron chi connectivity index (χ3n) is 4.61. The average Bonchev–Trinajstić information content (AvgIpc) is 3.24. The molecular weight excluding hydrogens is 340 g/mol. The summed E-state index contributed by atoms with van der Waals surface area (Å²) in [5, 5.41) is 4.34. The summed E-state index contributed by atoms with van der Waals surface area (Å²) in [7, 11) is 2.15. The highest BCUT2D eigenvalue weighted by Crippen LogP contribution is 2.20. The third kappa shape index (κ3) is 4.32. The van der Waals surface area contributed by atoms with Crippen LogP contribution in [0.1, 0.15) is 5.56 Å². The maximum Gasteiger partial charge on any atom is 0.181 e. The van der Waals surface area contributed by atoms with Gasteiger partial charge in [-0.3, -0.25) is 5.43 Å². The summed E-state index contributed by atoms with van der Waals surface area (Å²) in [4.78, 5) is 13.1. The molecule has 3 heterocycles. The van der Waals surface area contributed by atoms with Crippen molar-refractivity contribution < 1.29 is 4.42 Å². The van der Waals surface area contributed by atoms with Gasteiger partial charge in [-0.25, -0.2) is 9.97 Å². The van der Waals surface area contributed by atoms with E-state index in [2.05, 4.69) is 43.4 Å². The van der Waals surface area contributed by atoms with E-state index in [4.69, 9.17) is 4.42 Å². The molecule has 1 fully saturated rings. The topological polar surface area (TPSA) is 69.8 Å². The first-order valence-electron chi connectivity index (χ1n) is 8.95. The molecule has 4 rings (SSSR count). The number of likely N-dealkylation sites (N-methyl/N-ethyl adjacent to an activating group) is 1. The number of nitrogens with one attached hydrogen (secondary N) is 1. The molecule has 0 spiro atoms. The van der Waals surface area contributed by atoms with Crippen molar-refractivity contribution in [2.24, 2.45) is 5.10 Å². The van der Waals surface area contributed by atoms with Crippen molar-refractivity contribution in [2.45, 2.75) is 0 Å². The quantitative estimate of drug-likeness (QED) is 0.556. The average molecular weight is 362 g/mol. The Morgan fingerprint density at radius 3 is 2.67 bits per heavy atom. The fourth-order valence-corrected chi connectivity index (χ4v) is 2.97. The number of piperazine rings is 1. The van der Waals surface area contributed by atoms with Crippen molar-refractivity contribution in [1.82, 2.24) is 14.9 Å². The number of hydrogen-bond acceptors (Lipinski definition) is 7. The number of aromatic nitrogens is 2. The molecule has 1 N–H and O–H groups in total. The molecule has 0 bridgehead atoms. The summed E-state index contributed by atoms with van der Waals surface area (Å²) in [6.45, 7) is 4.12. The molecule has 27 heavy (non-hydrogen) atoms. The summed E-state index contributed by atoms with van der Waals surface area (Å²) in [5.74, 6) is 1.75. The lowest BCUT2D eigenvalue weighted by Crippen LogP contribution is -2.44. The first kappa shape index (κ1) is 17.2. The number of anilines is 2. The number of benzene rings is 1. The van der Waals surface area contributed by atoms with Crippen LogP contribution in [-0.2, 0) is 0 Å². The molecule has 1 aromatic carbocycles. The van der Waals surface area contributed by atoms with Crippen LogP contribution in [0.25, 0.3) is 11.3 Å². The molecule has 0 radical (unpaired) electrons. The molecule has 3 aromatic rings. The number of pyridine rings is 1. The highest BCUT2D eigenvalue weighted by molar-refractivity contribution is 5.81. The van der Waals surface area contributed by atoms with Gasteiger partial charge in [0.15, 0.2) is 12.2 Å². The van der Waals surface area contributed by atoms with Gasteiger partial charge in [0.1, 0.15) is 5.82 Å². The summed E-state index contributed by atoms with van der Waals surface area (Å²) in [6, 6.07) is 11.9. The Morgan fingerprint density at radius 2 is 1.93 bits per heavy atom. The molecule has 7 nitrogen and oxygen atoms in total. The maximum atomic E-state index is 5.29. The van der Waals surface area contributed by atoms with Crippen LogP contribution in [-0.4, -0.2) is 54.3 Å². The zero-order chi connectivity index (χ0) is 18.5. The van der Waals surface area contributed by atoms with Crippen LogP contribution in [0.3, 0.4) is 0 Å². The molecule has 1 aliphatic heterocycles. The van der Waals surface area contributed by atoms with Crippen molar-refractivity contribution in [2.75, 3.05) is 43.6 Å². The molecule has 1 saturated heterocycles. The van der Waals surface area contributed by atoms with E-state index in [0.717, 1.165) is 54.6 Å². The minimum absolute atomic E-state index is 0.748. The molecule has 0 saturated carbocycles. The van der Waals surface area contributed by atoms with Crippen LogP contribution < -0.4 is 10.3 Å². The van der Waals surface area contributed by atoms with E-state index in [9.17, 15) is 0 Å². The Morgan fingerprint density at radius 1 is 1.11 bits per heavy atom. The molecule has 1 aliphatic rings. The lowest BCUT2D eigenvalue weighted by Gasteiger charge is -2.33. The van der Waals surface area contributed by atoms with E-state index >= 15 is 0 Å². The summed E-state index contributed by atoms with van der Waals surface area (Å²) in [6.07, 6.45) is 6.77. The van der Waals surface area contributed by atoms with Gasteiger partial charge in [0.2, 0.25) is 0 Å². The molecule has 7 heteroatoms. The van der Waals surface area contributed by atoms with Gasteiger partial charge in [0.05, 0.1) is 18.1 Å². The van der Waals surface area contributed by atoms with Crippen LogP contribution in [0, 0.1) is 0 Å². The van der Waals surface area contributed by atoms with Gasteiger partial charge in [0, 0.05) is 37.9 Å². The predicted octanol–water partition coefficient (Wildman–Crippen LogP) is 2.93. The fourth-order valence-electron chi connectivity index (χ4n) is 2.97. The van der Waals surface area contributed by atoms with Gasteiger partial charge in [-0.2, -0.15) is 5.10 Å². The summed E-state index contributed by atoms with van der Waals surface area (Å²) in [5.41, 5.74) is 5.96. The summed E-state index contributed by atoms with van der Waals surface area (Å²) >= 11 is 0. The number of hydrazone groups is 1. The minimum atomic E-state index is 0.748. The monoisotopic (exact) mass is 362 g/mol. The van der Waals surface area contributed by atoms with E-state index in [1.54, 1.807) is 6.20 Å². The fraction of sp³-hybridized carbons (Fsp3) is 0.250. The number of hydrogen-bond donors (Lipinski definition) is 1. The van der Waals surface area contributed by atoms with Gasteiger partial charge in [-0.15, -0.1) is 0 Å². The molecule has 0 aliphatic carbocycles. The predicted molar refractivity (Wildman–Crippen MR) is 107 cm³/mol. The Balaban J connectivity index is 1.37. The largest absolute Gasteiger partial charge is 0.444 e. The Kier molecular flexibility index (Phi) is 5.11. The number of nitrogens with zero attached hydrogens (tertiary/aromatic N) is 5. The van der Waals surface area contributed by atoms with Gasteiger partial charge in [-0.1, -0.05) is 0 Å². The first-order valence-corrected chi connectivity index (χ1v) is 8.95. The second-order valence-electron chi connectivity index (χ2n) is 6.55. The summed E-state index contributed by atoms with van der Waals surface area (Å²) < 4.78 is 5.29. The van der Waals surface area contributed by atoms with E-state index in [1.807, 2.05) is 42.7 Å². The Bertz CT molecular complexity index is 883. The van der Waals surface area contributed by atoms with E-state index in [0.29, 0.717) is 0 Å². The molecule has 2 aromatic heterocycles. The zero-order valence-electron chi connectivity index (χ0n) is 15.2. The van der Waals surface area contributed by atoms with Gasteiger partial charge in [0.25, 0.3) is 0 Å². The number of rotatable bonds is 5. The van der Waals surface area contributed by atoms with Crippen LogP contribution in [0.15, 0.2) is 64.7 Å². The van der Waals surface area contributed by atoms with Crippen LogP contribution in [0.4, 0.5) is 11.5 Å². The molecule has 0 atom stereocenters. The van der Waals surface area contributed by atoms with E-state index in [1.165, 1.54) is 6.39 Å². The minimum Gasteiger partial charge on any atom is -0.444 e. The molecular formula is C20H22N6O. The highest BCUT2D eigenvalue weighted by Gasteiger charge is 2.15. The molecule has 0 amide bonds. The number of oxazole rings is 1. The maximum absolute atomic E-state index is 5.29. The Hall–Kier alpha value is -3.19. The second-order valence-corrected chi connectivity index (χ2v) is 6.55. The molecule has 0 unspecified atom stereocenters.